The van der Waals surface area contributed by atoms with Crippen molar-refractivity contribution >= 4 is 30.2 Å². The largest absolute Gasteiger partial charge is 0.483 e. The van der Waals surface area contributed by atoms with Crippen LogP contribution in [0.25, 0.3) is 0 Å². The summed E-state index contributed by atoms with van der Waals surface area (Å²) in [7, 11) is 1.55. The zero-order valence-electron chi connectivity index (χ0n) is 19.3. The highest BCUT2D eigenvalue weighted by molar-refractivity contribution is 7.95. The third kappa shape index (κ3) is 7.90. The van der Waals surface area contributed by atoms with E-state index in [1.54, 1.807) is 31.3 Å². The molecule has 1 aliphatic heterocycles. The Balaban J connectivity index is 1.98. The lowest BCUT2D eigenvalue weighted by molar-refractivity contribution is -0.143. The average molecular weight is 469 g/mol. The molecule has 178 valence electrons. The van der Waals surface area contributed by atoms with Crippen molar-refractivity contribution in [3.05, 3.63) is 23.8 Å². The highest BCUT2D eigenvalue weighted by atomic mass is 32.2. The zero-order valence-corrected chi connectivity index (χ0v) is 20.2. The molecule has 1 amide bonds. The van der Waals surface area contributed by atoms with Crippen molar-refractivity contribution in [1.82, 2.24) is 8.61 Å². The summed E-state index contributed by atoms with van der Waals surface area (Å²) in [5.74, 6) is 0.198. The molecule has 0 N–H and O–H groups in total. The fraction of sp³-hybridized carbons (Fsp3) is 0.591. The van der Waals surface area contributed by atoms with Crippen LogP contribution in [0.3, 0.4) is 0 Å². The summed E-state index contributed by atoms with van der Waals surface area (Å²) in [5.41, 5.74) is 0.624. The molecule has 1 aromatic carbocycles. The summed E-state index contributed by atoms with van der Waals surface area (Å²) in [6.45, 7) is 8.33. The minimum Gasteiger partial charge on any atom is -0.483 e. The molecule has 32 heavy (non-hydrogen) atoms. The molecule has 0 atom stereocenters. The highest BCUT2D eigenvalue weighted by Gasteiger charge is 2.33. The predicted octanol–water partition coefficient (Wildman–Crippen LogP) is 3.60. The number of nitrogens with zero attached hydrogens (tertiary/aromatic N) is 2. The number of carbonyl (C=O) groups excluding carboxylic acids is 3. The molecule has 0 saturated carbocycles. The van der Waals surface area contributed by atoms with Gasteiger partial charge in [-0.2, -0.15) is 0 Å². The highest BCUT2D eigenvalue weighted by Crippen LogP contribution is 2.42. The first-order chi connectivity index (χ1) is 15.1. The van der Waals surface area contributed by atoms with E-state index < -0.39 is 12.1 Å². The lowest BCUT2D eigenvalue weighted by Gasteiger charge is -2.25. The molecule has 10 heteroatoms. The number of para-hydroxylation sites is 1. The number of ether oxygens (including phenoxy) is 4. The van der Waals surface area contributed by atoms with Gasteiger partial charge in [0.25, 0.3) is 0 Å². The second-order valence-corrected chi connectivity index (χ2v) is 9.03. The SMILES string of the molecule is CCOC(=O)CCCN(CC(=O)OCC)SN(C)C(=O)Oc1cccc2c1OC(C)(C)C2. The van der Waals surface area contributed by atoms with Gasteiger partial charge in [0.05, 0.1) is 13.2 Å². The lowest BCUT2D eigenvalue weighted by Crippen LogP contribution is -2.33. The normalized spacial score (nSPS) is 13.8. The van der Waals surface area contributed by atoms with Gasteiger partial charge in [0.1, 0.15) is 12.1 Å². The van der Waals surface area contributed by atoms with E-state index in [0.717, 1.165) is 24.1 Å². The summed E-state index contributed by atoms with van der Waals surface area (Å²) in [6.07, 6.45) is 0.788. The smallest absolute Gasteiger partial charge is 0.426 e. The van der Waals surface area contributed by atoms with E-state index in [-0.39, 0.29) is 31.1 Å². The van der Waals surface area contributed by atoms with Crippen LogP contribution >= 0.6 is 12.1 Å². The summed E-state index contributed by atoms with van der Waals surface area (Å²) >= 11 is 1.02. The van der Waals surface area contributed by atoms with E-state index in [2.05, 4.69) is 0 Å². The van der Waals surface area contributed by atoms with Crippen LogP contribution in [0, 0.1) is 0 Å². The molecule has 0 aliphatic carbocycles. The van der Waals surface area contributed by atoms with Gasteiger partial charge in [-0.05, 0) is 40.2 Å². The third-order valence-corrected chi connectivity index (χ3v) is 5.39. The Morgan fingerprint density at radius 1 is 1.12 bits per heavy atom. The van der Waals surface area contributed by atoms with Gasteiger partial charge in [0.2, 0.25) is 0 Å². The van der Waals surface area contributed by atoms with Gasteiger partial charge in [-0.1, -0.05) is 12.1 Å². The Morgan fingerprint density at radius 3 is 2.50 bits per heavy atom. The minimum atomic E-state index is -0.615. The second-order valence-electron chi connectivity index (χ2n) is 7.81. The van der Waals surface area contributed by atoms with Gasteiger partial charge in [0.15, 0.2) is 11.5 Å². The maximum Gasteiger partial charge on any atom is 0.426 e. The van der Waals surface area contributed by atoms with Gasteiger partial charge < -0.3 is 18.9 Å². The van der Waals surface area contributed by atoms with Crippen LogP contribution in [0.1, 0.15) is 46.1 Å². The standard InChI is InChI=1S/C22H32N2O7S/c1-6-28-18(25)12-9-13-24(15-19(26)29-7-2)32-23(5)21(27)30-17-11-8-10-16-14-22(3,4)31-20(16)17/h8,10-11H,6-7,9,12-15H2,1-5H3. The third-order valence-electron chi connectivity index (χ3n) is 4.45. The van der Waals surface area contributed by atoms with Crippen molar-refractivity contribution in [1.29, 1.82) is 0 Å². The molecule has 1 aliphatic rings. The summed E-state index contributed by atoms with van der Waals surface area (Å²) in [6, 6.07) is 5.46. The van der Waals surface area contributed by atoms with Crippen LogP contribution in [0.15, 0.2) is 18.2 Å². The molecule has 0 aromatic heterocycles. The maximum atomic E-state index is 12.7. The Bertz CT molecular complexity index is 815. The molecule has 0 fully saturated rings. The van der Waals surface area contributed by atoms with Crippen LogP contribution < -0.4 is 9.47 Å². The van der Waals surface area contributed by atoms with Crippen molar-refractivity contribution in [2.24, 2.45) is 0 Å². The molecule has 1 aromatic rings. The van der Waals surface area contributed by atoms with Gasteiger partial charge in [-0.15, -0.1) is 0 Å². The van der Waals surface area contributed by atoms with Crippen LogP contribution in [-0.2, 0) is 25.5 Å². The molecule has 1 heterocycles. The molecule has 0 bridgehead atoms. The molecule has 9 nitrogen and oxygen atoms in total. The van der Waals surface area contributed by atoms with E-state index in [4.69, 9.17) is 18.9 Å². The molecule has 0 radical (unpaired) electrons. The second kappa shape index (κ2) is 12.0. The minimum absolute atomic E-state index is 0.0447. The maximum absolute atomic E-state index is 12.7. The first kappa shape index (κ1) is 25.8. The van der Waals surface area contributed by atoms with E-state index in [1.807, 2.05) is 26.0 Å². The van der Waals surface area contributed by atoms with Crippen LogP contribution in [0.4, 0.5) is 4.79 Å². The zero-order chi connectivity index (χ0) is 23.7. The molecular formula is C22H32N2O7S. The van der Waals surface area contributed by atoms with E-state index in [0.29, 0.717) is 31.1 Å². The summed E-state index contributed by atoms with van der Waals surface area (Å²) < 4.78 is 24.4. The number of hydrogen-bond donors (Lipinski definition) is 0. The van der Waals surface area contributed by atoms with Gasteiger partial charge in [-0.3, -0.25) is 9.59 Å². The fourth-order valence-electron chi connectivity index (χ4n) is 3.16. The molecule has 0 spiro atoms. The topological polar surface area (TPSA) is 94.6 Å². The average Bonchev–Trinajstić information content (AvgIpc) is 3.03. The van der Waals surface area contributed by atoms with Crippen LogP contribution in [0.5, 0.6) is 11.5 Å². The number of benzene rings is 1. The number of amides is 1. The van der Waals surface area contributed by atoms with E-state index >= 15 is 0 Å². The van der Waals surface area contributed by atoms with Crippen molar-refractivity contribution in [2.45, 2.75) is 52.6 Å². The number of carbonyl (C=O) groups is 3. The first-order valence-electron chi connectivity index (χ1n) is 10.7. The Hall–Kier alpha value is -2.46. The number of rotatable bonds is 11. The number of fused-ring (bicyclic) bond motifs is 1. The molecule has 2 rings (SSSR count). The predicted molar refractivity (Wildman–Crippen MR) is 120 cm³/mol. The Morgan fingerprint density at radius 2 is 1.81 bits per heavy atom. The lowest BCUT2D eigenvalue weighted by atomic mass is 10.0. The van der Waals surface area contributed by atoms with Gasteiger partial charge in [0, 0.05) is 44.1 Å². The molecule has 0 saturated heterocycles. The van der Waals surface area contributed by atoms with Crippen molar-refractivity contribution in [3.63, 3.8) is 0 Å². The van der Waals surface area contributed by atoms with Gasteiger partial charge >= 0.3 is 18.0 Å². The van der Waals surface area contributed by atoms with Crippen molar-refractivity contribution < 1.29 is 33.3 Å². The molecular weight excluding hydrogens is 436 g/mol. The van der Waals surface area contributed by atoms with Crippen LogP contribution in [0.2, 0.25) is 0 Å². The molecule has 0 unspecified atom stereocenters. The van der Waals surface area contributed by atoms with E-state index in [1.165, 1.54) is 4.31 Å². The monoisotopic (exact) mass is 468 g/mol. The Kier molecular flexibility index (Phi) is 9.64. The fourth-order valence-corrected chi connectivity index (χ4v) is 3.99. The number of hydrogen-bond acceptors (Lipinski definition) is 9. The van der Waals surface area contributed by atoms with E-state index in [9.17, 15) is 14.4 Å². The Labute approximate surface area is 193 Å². The summed E-state index contributed by atoms with van der Waals surface area (Å²) in [5, 5.41) is 0. The first-order valence-corrected chi connectivity index (χ1v) is 11.4. The van der Waals surface area contributed by atoms with Crippen LogP contribution in [-0.4, -0.2) is 65.6 Å². The number of esters is 2. The summed E-state index contributed by atoms with van der Waals surface area (Å²) in [4.78, 5) is 36.2. The quantitative estimate of drug-likeness (QED) is 0.356. The van der Waals surface area contributed by atoms with Crippen molar-refractivity contribution in [3.8, 4) is 11.5 Å². The van der Waals surface area contributed by atoms with Crippen molar-refractivity contribution in [2.75, 3.05) is 33.4 Å². The van der Waals surface area contributed by atoms with Gasteiger partial charge in [-0.25, -0.2) is 13.4 Å².